The maximum atomic E-state index is 14.3. The molecular weight excluding hydrogens is 519 g/mol. The number of anilines is 1. The molecule has 3 heterocycles. The average molecular weight is 552 g/mol. The zero-order valence-corrected chi connectivity index (χ0v) is 22.2. The average Bonchev–Trinajstić information content (AvgIpc) is 3.47. The molecule has 2 aromatic heterocycles. The Bertz CT molecular complexity index is 1230. The predicted octanol–water partition coefficient (Wildman–Crippen LogP) is 4.70. The van der Waals surface area contributed by atoms with Crippen LogP contribution in [0, 0.1) is 5.92 Å². The van der Waals surface area contributed by atoms with Crippen molar-refractivity contribution >= 4 is 29.0 Å². The number of likely N-dealkylation sites (tertiary alicyclic amines) is 1. The SMILES string of the molecule is C[C@H](Nc1cc(C(F)(F)F)c(-c2sc(C(=O)NCC3(O)CCC3)nc2C(=O)N2CCC[C@@H]2C)cn1)C1CC1. The summed E-state index contributed by atoms with van der Waals surface area (Å²) in [5, 5.41) is 15.9. The van der Waals surface area contributed by atoms with Gasteiger partial charge in [-0.1, -0.05) is 0 Å². The number of amides is 2. The molecule has 1 saturated heterocycles. The molecule has 8 nitrogen and oxygen atoms in total. The van der Waals surface area contributed by atoms with Crippen LogP contribution < -0.4 is 10.6 Å². The number of nitrogens with zero attached hydrogens (tertiary/aromatic N) is 3. The van der Waals surface area contributed by atoms with E-state index in [4.69, 9.17) is 0 Å². The highest BCUT2D eigenvalue weighted by atomic mass is 32.1. The van der Waals surface area contributed by atoms with E-state index in [1.807, 2.05) is 13.8 Å². The number of pyridine rings is 1. The van der Waals surface area contributed by atoms with Gasteiger partial charge in [-0.05, 0) is 70.8 Å². The van der Waals surface area contributed by atoms with Crippen molar-refractivity contribution in [1.29, 1.82) is 0 Å². The number of carbonyl (C=O) groups is 2. The molecule has 3 N–H and O–H groups in total. The van der Waals surface area contributed by atoms with Crippen molar-refractivity contribution in [2.75, 3.05) is 18.4 Å². The first-order valence-corrected chi connectivity index (χ1v) is 13.9. The standard InChI is InChI=1S/C26H32F3N5O3S/c1-14-5-3-10-34(14)24(36)20-21(38-23(33-20)22(35)31-13-25(37)8-4-9-25)17-12-30-19(11-18(17)26(27,28)29)32-15(2)16-6-7-16/h11-12,14-16,37H,3-10,13H2,1-2H3,(H,30,32)(H,31,35)/t14-,15-/m0/s1. The number of hydrogen-bond donors (Lipinski definition) is 3. The lowest BCUT2D eigenvalue weighted by Gasteiger charge is -2.36. The van der Waals surface area contributed by atoms with Gasteiger partial charge in [0.25, 0.3) is 11.8 Å². The largest absolute Gasteiger partial charge is 0.417 e. The molecule has 2 atom stereocenters. The molecule has 5 rings (SSSR count). The normalized spacial score (nSPS) is 21.6. The predicted molar refractivity (Wildman–Crippen MR) is 137 cm³/mol. The van der Waals surface area contributed by atoms with Gasteiger partial charge in [0.1, 0.15) is 11.5 Å². The number of carbonyl (C=O) groups excluding carboxylic acids is 2. The molecule has 206 valence electrons. The lowest BCUT2D eigenvalue weighted by atomic mass is 9.80. The Labute approximate surface area is 223 Å². The minimum absolute atomic E-state index is 0.00702. The van der Waals surface area contributed by atoms with E-state index in [-0.39, 0.29) is 45.6 Å². The Morgan fingerprint density at radius 3 is 2.58 bits per heavy atom. The van der Waals surface area contributed by atoms with E-state index in [0.717, 1.165) is 55.7 Å². The van der Waals surface area contributed by atoms with Gasteiger partial charge in [-0.25, -0.2) is 9.97 Å². The maximum Gasteiger partial charge on any atom is 0.417 e. The van der Waals surface area contributed by atoms with Crippen LogP contribution in [-0.4, -0.2) is 62.6 Å². The van der Waals surface area contributed by atoms with Crippen molar-refractivity contribution in [3.05, 3.63) is 28.5 Å². The molecule has 2 amide bonds. The summed E-state index contributed by atoms with van der Waals surface area (Å²) in [6.45, 7) is 4.29. The highest BCUT2D eigenvalue weighted by Crippen LogP contribution is 2.42. The Hall–Kier alpha value is -2.73. The summed E-state index contributed by atoms with van der Waals surface area (Å²) in [5.41, 5.74) is -2.39. The molecule has 0 spiro atoms. The second-order valence-corrected chi connectivity index (χ2v) is 11.8. The van der Waals surface area contributed by atoms with Crippen molar-refractivity contribution in [2.24, 2.45) is 5.92 Å². The number of halogens is 3. The van der Waals surface area contributed by atoms with Crippen LogP contribution in [0.5, 0.6) is 0 Å². The third-order valence-electron chi connectivity index (χ3n) is 7.86. The summed E-state index contributed by atoms with van der Waals surface area (Å²) in [7, 11) is 0. The zero-order valence-electron chi connectivity index (χ0n) is 21.4. The highest BCUT2D eigenvalue weighted by Gasteiger charge is 2.39. The van der Waals surface area contributed by atoms with Gasteiger partial charge < -0.3 is 20.6 Å². The Balaban J connectivity index is 1.52. The monoisotopic (exact) mass is 551 g/mol. The number of alkyl halides is 3. The molecule has 2 aliphatic carbocycles. The fourth-order valence-electron chi connectivity index (χ4n) is 5.09. The summed E-state index contributed by atoms with van der Waals surface area (Å²) in [6, 6.07) is 0.872. The quantitative estimate of drug-likeness (QED) is 0.439. The van der Waals surface area contributed by atoms with Crippen LogP contribution >= 0.6 is 11.3 Å². The van der Waals surface area contributed by atoms with Gasteiger partial charge in [-0.15, -0.1) is 11.3 Å². The number of rotatable bonds is 8. The van der Waals surface area contributed by atoms with E-state index in [1.54, 1.807) is 4.90 Å². The Morgan fingerprint density at radius 1 is 1.26 bits per heavy atom. The molecule has 1 aliphatic heterocycles. The van der Waals surface area contributed by atoms with Crippen LogP contribution in [0.15, 0.2) is 12.3 Å². The second kappa shape index (κ2) is 10.1. The molecule has 12 heteroatoms. The minimum atomic E-state index is -4.72. The van der Waals surface area contributed by atoms with Crippen molar-refractivity contribution in [3.8, 4) is 10.4 Å². The van der Waals surface area contributed by atoms with Crippen LogP contribution in [0.4, 0.5) is 19.0 Å². The molecule has 0 bridgehead atoms. The van der Waals surface area contributed by atoms with Crippen molar-refractivity contribution < 1.29 is 27.9 Å². The third kappa shape index (κ3) is 5.51. The van der Waals surface area contributed by atoms with Gasteiger partial charge in [0.15, 0.2) is 5.01 Å². The van der Waals surface area contributed by atoms with Crippen LogP contribution in [-0.2, 0) is 6.18 Å². The van der Waals surface area contributed by atoms with E-state index in [2.05, 4.69) is 20.6 Å². The number of aliphatic hydroxyl groups is 1. The van der Waals surface area contributed by atoms with Gasteiger partial charge in [0.05, 0.1) is 16.0 Å². The van der Waals surface area contributed by atoms with E-state index >= 15 is 0 Å². The van der Waals surface area contributed by atoms with Crippen LogP contribution in [0.25, 0.3) is 10.4 Å². The van der Waals surface area contributed by atoms with Crippen molar-refractivity contribution in [2.45, 2.75) is 82.7 Å². The second-order valence-electron chi connectivity index (χ2n) is 10.8. The molecule has 2 saturated carbocycles. The van der Waals surface area contributed by atoms with Gasteiger partial charge in [0, 0.05) is 36.9 Å². The van der Waals surface area contributed by atoms with E-state index in [0.29, 0.717) is 25.3 Å². The highest BCUT2D eigenvalue weighted by molar-refractivity contribution is 7.17. The van der Waals surface area contributed by atoms with Crippen molar-refractivity contribution in [1.82, 2.24) is 20.2 Å². The molecule has 38 heavy (non-hydrogen) atoms. The van der Waals surface area contributed by atoms with Gasteiger partial charge in [-0.2, -0.15) is 13.2 Å². The van der Waals surface area contributed by atoms with E-state index in [1.165, 1.54) is 0 Å². The van der Waals surface area contributed by atoms with Gasteiger partial charge in [-0.3, -0.25) is 9.59 Å². The Kier molecular flexibility index (Phi) is 7.14. The fraction of sp³-hybridized carbons (Fsp3) is 0.615. The number of aromatic nitrogens is 2. The fourth-order valence-corrected chi connectivity index (χ4v) is 6.09. The first-order valence-electron chi connectivity index (χ1n) is 13.1. The smallest absolute Gasteiger partial charge is 0.388 e. The lowest BCUT2D eigenvalue weighted by molar-refractivity contribution is -0.137. The molecule has 0 aromatic carbocycles. The van der Waals surface area contributed by atoms with Crippen molar-refractivity contribution in [3.63, 3.8) is 0 Å². The summed E-state index contributed by atoms with van der Waals surface area (Å²) in [5.74, 6) is -0.616. The summed E-state index contributed by atoms with van der Waals surface area (Å²) >= 11 is 0.737. The third-order valence-corrected chi connectivity index (χ3v) is 8.95. The molecule has 0 radical (unpaired) electrons. The molecule has 0 unspecified atom stereocenters. The molecule has 2 aromatic rings. The van der Waals surface area contributed by atoms with Gasteiger partial charge in [0.2, 0.25) is 0 Å². The zero-order chi connectivity index (χ0) is 27.2. The topological polar surface area (TPSA) is 107 Å². The summed E-state index contributed by atoms with van der Waals surface area (Å²) in [6.07, 6.45) is 2.00. The number of thiazole rings is 1. The van der Waals surface area contributed by atoms with E-state index < -0.39 is 29.2 Å². The minimum Gasteiger partial charge on any atom is -0.388 e. The molecular formula is C26H32F3N5O3S. The molecule has 3 fully saturated rings. The van der Waals surface area contributed by atoms with E-state index in [9.17, 15) is 27.9 Å². The number of nitrogens with one attached hydrogen (secondary N) is 2. The lowest BCUT2D eigenvalue weighted by Crippen LogP contribution is -2.47. The van der Waals surface area contributed by atoms with Crippen LogP contribution in [0.1, 0.15) is 84.6 Å². The first-order chi connectivity index (χ1) is 17.9. The first kappa shape index (κ1) is 26.9. The van der Waals surface area contributed by atoms with Gasteiger partial charge >= 0.3 is 6.18 Å². The number of hydrogen-bond acceptors (Lipinski definition) is 7. The maximum absolute atomic E-state index is 14.3. The van der Waals surface area contributed by atoms with Crippen LogP contribution in [0.3, 0.4) is 0 Å². The van der Waals surface area contributed by atoms with Crippen LogP contribution in [0.2, 0.25) is 0 Å². The summed E-state index contributed by atoms with van der Waals surface area (Å²) < 4.78 is 42.9. The molecule has 3 aliphatic rings. The summed E-state index contributed by atoms with van der Waals surface area (Å²) in [4.78, 5) is 36.5. The Morgan fingerprint density at radius 2 is 2.00 bits per heavy atom.